The Balaban J connectivity index is 1.88. The summed E-state index contributed by atoms with van der Waals surface area (Å²) in [5.74, 6) is -4.25. The number of aliphatic hydroxyl groups excluding tert-OH is 1. The van der Waals surface area contributed by atoms with E-state index in [0.29, 0.717) is 11.6 Å². The predicted molar refractivity (Wildman–Crippen MR) is 85.6 cm³/mol. The molecule has 1 aliphatic heterocycles. The molecule has 0 aliphatic carbocycles. The van der Waals surface area contributed by atoms with E-state index >= 15 is 0 Å². The average Bonchev–Trinajstić information content (AvgIpc) is 2.95. The molecule has 0 spiro atoms. The minimum Gasteiger partial charge on any atom is -0.471 e. The molecule has 1 aliphatic rings. The smallest absolute Gasteiger partial charge is 0.421 e. The highest BCUT2D eigenvalue weighted by Crippen LogP contribution is 2.39. The van der Waals surface area contributed by atoms with Crippen LogP contribution in [0.2, 0.25) is 0 Å². The lowest BCUT2D eigenvalue weighted by Gasteiger charge is -2.24. The number of aromatic nitrogens is 2. The SMILES string of the molecule is OC[C@@H]1CC(F)(F)CN1c1cc(C(F)(F)F)c(OCc2ccccc2)nn1. The van der Waals surface area contributed by atoms with Gasteiger partial charge in [0.05, 0.1) is 19.2 Å². The number of ether oxygens (including phenoxy) is 1. The van der Waals surface area contributed by atoms with Crippen molar-refractivity contribution >= 4 is 5.82 Å². The van der Waals surface area contributed by atoms with Crippen LogP contribution in [-0.4, -0.2) is 40.4 Å². The Labute approximate surface area is 151 Å². The Morgan fingerprint density at radius 3 is 2.52 bits per heavy atom. The van der Waals surface area contributed by atoms with Gasteiger partial charge in [0.25, 0.3) is 5.92 Å². The van der Waals surface area contributed by atoms with Crippen molar-refractivity contribution in [3.63, 3.8) is 0 Å². The maximum atomic E-state index is 13.6. The van der Waals surface area contributed by atoms with Crippen molar-refractivity contribution in [3.05, 3.63) is 47.5 Å². The summed E-state index contributed by atoms with van der Waals surface area (Å²) in [4.78, 5) is 0.934. The predicted octanol–water partition coefficient (Wildman–Crippen LogP) is 3.28. The average molecular weight is 389 g/mol. The van der Waals surface area contributed by atoms with Crippen LogP contribution in [0.3, 0.4) is 0 Å². The van der Waals surface area contributed by atoms with Crippen molar-refractivity contribution in [1.29, 1.82) is 0 Å². The van der Waals surface area contributed by atoms with Gasteiger partial charge < -0.3 is 14.7 Å². The van der Waals surface area contributed by atoms with Crippen LogP contribution < -0.4 is 9.64 Å². The zero-order valence-electron chi connectivity index (χ0n) is 14.0. The first-order valence-electron chi connectivity index (χ1n) is 8.06. The third-order valence-electron chi connectivity index (χ3n) is 4.15. The summed E-state index contributed by atoms with van der Waals surface area (Å²) in [6.45, 7) is -1.63. The summed E-state index contributed by atoms with van der Waals surface area (Å²) in [5.41, 5.74) is -0.577. The van der Waals surface area contributed by atoms with Crippen LogP contribution in [0.15, 0.2) is 36.4 Å². The van der Waals surface area contributed by atoms with Crippen LogP contribution in [0.1, 0.15) is 17.5 Å². The van der Waals surface area contributed by atoms with Crippen molar-refractivity contribution in [1.82, 2.24) is 10.2 Å². The van der Waals surface area contributed by atoms with E-state index in [0.717, 1.165) is 4.90 Å². The summed E-state index contributed by atoms with van der Waals surface area (Å²) in [6, 6.07) is 8.11. The second kappa shape index (κ2) is 7.26. The largest absolute Gasteiger partial charge is 0.471 e. The van der Waals surface area contributed by atoms with Gasteiger partial charge in [-0.3, -0.25) is 0 Å². The zero-order valence-corrected chi connectivity index (χ0v) is 14.0. The van der Waals surface area contributed by atoms with E-state index in [1.54, 1.807) is 30.3 Å². The maximum absolute atomic E-state index is 13.6. The lowest BCUT2D eigenvalue weighted by molar-refractivity contribution is -0.139. The van der Waals surface area contributed by atoms with Gasteiger partial charge in [0.15, 0.2) is 5.82 Å². The van der Waals surface area contributed by atoms with E-state index in [1.807, 2.05) is 0 Å². The first-order valence-corrected chi connectivity index (χ1v) is 8.06. The van der Waals surface area contributed by atoms with Crippen molar-refractivity contribution < 1.29 is 31.8 Å². The number of halogens is 5. The van der Waals surface area contributed by atoms with E-state index < -0.39 is 49.2 Å². The van der Waals surface area contributed by atoms with Gasteiger partial charge in [-0.15, -0.1) is 10.2 Å². The molecule has 0 amide bonds. The molecule has 0 saturated carbocycles. The molecular weight excluding hydrogens is 373 g/mol. The Kier molecular flexibility index (Phi) is 5.18. The van der Waals surface area contributed by atoms with Gasteiger partial charge in [-0.2, -0.15) is 13.2 Å². The number of nitrogens with zero attached hydrogens (tertiary/aromatic N) is 3. The number of rotatable bonds is 5. The molecule has 0 radical (unpaired) electrons. The molecule has 3 rings (SSSR count). The molecule has 2 aromatic rings. The number of benzene rings is 1. The Bertz CT molecular complexity index is 786. The molecule has 10 heteroatoms. The van der Waals surface area contributed by atoms with Crippen LogP contribution in [0.4, 0.5) is 27.8 Å². The zero-order chi connectivity index (χ0) is 19.7. The van der Waals surface area contributed by atoms with Crippen LogP contribution >= 0.6 is 0 Å². The molecule has 1 saturated heterocycles. The lowest BCUT2D eigenvalue weighted by atomic mass is 10.2. The first kappa shape index (κ1) is 19.3. The van der Waals surface area contributed by atoms with Gasteiger partial charge in [0.2, 0.25) is 5.88 Å². The Hall–Kier alpha value is -2.49. The number of aliphatic hydroxyl groups is 1. The minimum absolute atomic E-state index is 0.154. The molecule has 1 atom stereocenters. The Morgan fingerprint density at radius 2 is 1.89 bits per heavy atom. The van der Waals surface area contributed by atoms with Gasteiger partial charge in [0.1, 0.15) is 12.2 Å². The van der Waals surface area contributed by atoms with E-state index in [-0.39, 0.29) is 12.4 Å². The fourth-order valence-electron chi connectivity index (χ4n) is 2.88. The maximum Gasteiger partial charge on any atom is 0.421 e. The first-order chi connectivity index (χ1) is 12.7. The number of hydrogen-bond acceptors (Lipinski definition) is 5. The molecule has 146 valence electrons. The topological polar surface area (TPSA) is 58.5 Å². The normalized spacial score (nSPS) is 19.3. The summed E-state index contributed by atoms with van der Waals surface area (Å²) < 4.78 is 72.6. The summed E-state index contributed by atoms with van der Waals surface area (Å²) in [6.07, 6.45) is -5.48. The molecule has 5 nitrogen and oxygen atoms in total. The molecule has 1 aromatic heterocycles. The quantitative estimate of drug-likeness (QED) is 0.796. The summed E-state index contributed by atoms with van der Waals surface area (Å²) in [5, 5.41) is 16.3. The monoisotopic (exact) mass is 389 g/mol. The molecule has 2 heterocycles. The fourth-order valence-corrected chi connectivity index (χ4v) is 2.88. The molecule has 1 aromatic carbocycles. The molecule has 1 fully saturated rings. The number of anilines is 1. The van der Waals surface area contributed by atoms with Crippen molar-refractivity contribution in [2.75, 3.05) is 18.1 Å². The molecule has 1 N–H and O–H groups in total. The molecule has 0 unspecified atom stereocenters. The minimum atomic E-state index is -4.81. The highest BCUT2D eigenvalue weighted by molar-refractivity contribution is 5.47. The van der Waals surface area contributed by atoms with Gasteiger partial charge in [-0.05, 0) is 5.56 Å². The van der Waals surface area contributed by atoms with Crippen molar-refractivity contribution in [2.45, 2.75) is 31.2 Å². The third kappa shape index (κ3) is 4.44. The van der Waals surface area contributed by atoms with Gasteiger partial charge in [0, 0.05) is 12.5 Å². The van der Waals surface area contributed by atoms with Gasteiger partial charge >= 0.3 is 6.18 Å². The van der Waals surface area contributed by atoms with E-state index in [4.69, 9.17) is 4.74 Å². The van der Waals surface area contributed by atoms with Crippen LogP contribution in [0.5, 0.6) is 5.88 Å². The summed E-state index contributed by atoms with van der Waals surface area (Å²) in [7, 11) is 0. The van der Waals surface area contributed by atoms with E-state index in [1.165, 1.54) is 0 Å². The van der Waals surface area contributed by atoms with Crippen LogP contribution in [0.25, 0.3) is 0 Å². The van der Waals surface area contributed by atoms with E-state index in [2.05, 4.69) is 10.2 Å². The second-order valence-corrected chi connectivity index (χ2v) is 6.22. The van der Waals surface area contributed by atoms with Gasteiger partial charge in [-0.1, -0.05) is 30.3 Å². The molecule has 27 heavy (non-hydrogen) atoms. The standard InChI is InChI=1S/C17H16F5N3O2/c18-16(19)7-12(8-26)25(10-16)14-6-13(17(20,21)22)15(24-23-14)27-9-11-4-2-1-3-5-11/h1-6,12,26H,7-10H2/t12-/m0/s1. The Morgan fingerprint density at radius 1 is 1.19 bits per heavy atom. The summed E-state index contributed by atoms with van der Waals surface area (Å²) >= 11 is 0. The van der Waals surface area contributed by atoms with Crippen LogP contribution in [0, 0.1) is 0 Å². The van der Waals surface area contributed by atoms with Gasteiger partial charge in [-0.25, -0.2) is 8.78 Å². The van der Waals surface area contributed by atoms with Crippen molar-refractivity contribution in [2.24, 2.45) is 0 Å². The fraction of sp³-hybridized carbons (Fsp3) is 0.412. The lowest BCUT2D eigenvalue weighted by Crippen LogP contribution is -2.34. The van der Waals surface area contributed by atoms with Crippen molar-refractivity contribution in [3.8, 4) is 5.88 Å². The second-order valence-electron chi connectivity index (χ2n) is 6.22. The highest BCUT2D eigenvalue weighted by atomic mass is 19.4. The highest BCUT2D eigenvalue weighted by Gasteiger charge is 2.46. The van der Waals surface area contributed by atoms with E-state index in [9.17, 15) is 27.1 Å². The van der Waals surface area contributed by atoms with Crippen LogP contribution in [-0.2, 0) is 12.8 Å². The molecular formula is C17H16F5N3O2. The number of hydrogen-bond donors (Lipinski definition) is 1. The number of alkyl halides is 5. The third-order valence-corrected chi connectivity index (χ3v) is 4.15. The molecule has 0 bridgehead atoms.